The number of aromatic nitrogens is 1. The minimum atomic E-state index is -0.606. The monoisotopic (exact) mass is 298 g/mol. The van der Waals surface area contributed by atoms with Crippen LogP contribution in [0.1, 0.15) is 16.1 Å². The number of hydrogen-bond acceptors (Lipinski definition) is 3. The Kier molecular flexibility index (Phi) is 3.23. The molecule has 0 saturated heterocycles. The Morgan fingerprint density at radius 2 is 2.29 bits per heavy atom. The van der Waals surface area contributed by atoms with Gasteiger partial charge in [-0.05, 0) is 25.1 Å². The zero-order valence-corrected chi connectivity index (χ0v) is 10.4. The molecule has 4 nitrogen and oxygen atoms in total. The van der Waals surface area contributed by atoms with E-state index in [1.165, 1.54) is 24.5 Å². The van der Waals surface area contributed by atoms with Crippen LogP contribution in [0.3, 0.4) is 0 Å². The summed E-state index contributed by atoms with van der Waals surface area (Å²) < 4.78 is 19.0. The molecular formula is C11H8BrFN2O2. The molecule has 6 heteroatoms. The van der Waals surface area contributed by atoms with Crippen molar-refractivity contribution in [2.24, 2.45) is 0 Å². The molecule has 1 N–H and O–H groups in total. The highest BCUT2D eigenvalue weighted by Crippen LogP contribution is 2.17. The first-order valence-corrected chi connectivity index (χ1v) is 5.54. The Bertz CT molecular complexity index is 568. The highest BCUT2D eigenvalue weighted by Gasteiger charge is 2.14. The highest BCUT2D eigenvalue weighted by molar-refractivity contribution is 9.10. The highest BCUT2D eigenvalue weighted by atomic mass is 79.9. The third-order valence-corrected chi connectivity index (χ3v) is 2.51. The summed E-state index contributed by atoms with van der Waals surface area (Å²) in [6.07, 6.45) is 1.40. The molecule has 0 aliphatic rings. The molecule has 17 heavy (non-hydrogen) atoms. The molecule has 0 bridgehead atoms. The van der Waals surface area contributed by atoms with Crippen LogP contribution in [0.2, 0.25) is 0 Å². The summed E-state index contributed by atoms with van der Waals surface area (Å²) in [4.78, 5) is 15.6. The van der Waals surface area contributed by atoms with Crippen LogP contribution in [0, 0.1) is 12.7 Å². The number of carbonyl (C=O) groups excluding carboxylic acids is 1. The average Bonchev–Trinajstić information content (AvgIpc) is 2.67. The minimum Gasteiger partial charge on any atom is -0.432 e. The zero-order chi connectivity index (χ0) is 12.4. The van der Waals surface area contributed by atoms with E-state index in [4.69, 9.17) is 4.42 Å². The van der Waals surface area contributed by atoms with Gasteiger partial charge in [-0.3, -0.25) is 10.1 Å². The molecule has 0 aliphatic heterocycles. The number of halogens is 2. The van der Waals surface area contributed by atoms with Gasteiger partial charge in [0.05, 0.1) is 11.3 Å². The summed E-state index contributed by atoms with van der Waals surface area (Å²) in [7, 11) is 0. The summed E-state index contributed by atoms with van der Waals surface area (Å²) in [6.45, 7) is 1.72. The molecule has 0 radical (unpaired) electrons. The molecule has 2 aromatic rings. The van der Waals surface area contributed by atoms with Crippen LogP contribution in [0.4, 0.5) is 10.4 Å². The summed E-state index contributed by atoms with van der Waals surface area (Å²) in [5.74, 6) is -1.21. The summed E-state index contributed by atoms with van der Waals surface area (Å²) >= 11 is 3.17. The number of nitrogens with one attached hydrogen (secondary N) is 1. The number of anilines is 1. The van der Waals surface area contributed by atoms with Crippen molar-refractivity contribution < 1.29 is 13.6 Å². The van der Waals surface area contributed by atoms with Crippen LogP contribution in [0.15, 0.2) is 33.4 Å². The maximum absolute atomic E-state index is 13.4. The molecule has 0 atom stereocenters. The number of amides is 1. The second-order valence-corrected chi connectivity index (χ2v) is 4.29. The largest absolute Gasteiger partial charge is 0.432 e. The quantitative estimate of drug-likeness (QED) is 0.927. The predicted octanol–water partition coefficient (Wildman–Crippen LogP) is 3.14. The lowest BCUT2D eigenvalue weighted by Crippen LogP contribution is -2.14. The van der Waals surface area contributed by atoms with Crippen LogP contribution >= 0.6 is 15.9 Å². The van der Waals surface area contributed by atoms with Crippen molar-refractivity contribution in [2.75, 3.05) is 5.32 Å². The second kappa shape index (κ2) is 4.67. The topological polar surface area (TPSA) is 55.1 Å². The van der Waals surface area contributed by atoms with E-state index >= 15 is 0 Å². The van der Waals surface area contributed by atoms with E-state index in [1.807, 2.05) is 0 Å². The van der Waals surface area contributed by atoms with Gasteiger partial charge < -0.3 is 4.42 Å². The molecule has 1 amide bonds. The molecule has 0 saturated carbocycles. The minimum absolute atomic E-state index is 0.0480. The summed E-state index contributed by atoms with van der Waals surface area (Å²) in [6, 6.07) is 4.16. The fraction of sp³-hybridized carbons (Fsp3) is 0.0909. The number of aryl methyl sites for hydroxylation is 1. The van der Waals surface area contributed by atoms with Gasteiger partial charge in [0.15, 0.2) is 0 Å². The van der Waals surface area contributed by atoms with E-state index in [-0.39, 0.29) is 11.6 Å². The fourth-order valence-electron chi connectivity index (χ4n) is 1.25. The molecule has 0 fully saturated rings. The van der Waals surface area contributed by atoms with E-state index < -0.39 is 11.7 Å². The Labute approximate surface area is 105 Å². The molecule has 0 unspecified atom stereocenters. The van der Waals surface area contributed by atoms with Crippen molar-refractivity contribution in [1.82, 2.24) is 4.98 Å². The zero-order valence-electron chi connectivity index (χ0n) is 8.83. The lowest BCUT2D eigenvalue weighted by Gasteiger charge is -2.02. The predicted molar refractivity (Wildman–Crippen MR) is 63.3 cm³/mol. The molecular weight excluding hydrogens is 291 g/mol. The Morgan fingerprint density at radius 3 is 2.94 bits per heavy atom. The normalized spacial score (nSPS) is 10.3. The van der Waals surface area contributed by atoms with Gasteiger partial charge in [0.2, 0.25) is 0 Å². The number of hydrogen-bond donors (Lipinski definition) is 1. The number of nitrogens with zero attached hydrogens (tertiary/aromatic N) is 1. The van der Waals surface area contributed by atoms with E-state index in [1.54, 1.807) is 6.92 Å². The van der Waals surface area contributed by atoms with Crippen molar-refractivity contribution in [3.63, 3.8) is 0 Å². The molecule has 1 heterocycles. The maximum atomic E-state index is 13.4. The number of oxazole rings is 1. The third-order valence-electron chi connectivity index (χ3n) is 2.01. The van der Waals surface area contributed by atoms with Crippen LogP contribution < -0.4 is 5.32 Å². The lowest BCUT2D eigenvalue weighted by atomic mass is 10.2. The van der Waals surface area contributed by atoms with E-state index in [0.29, 0.717) is 10.2 Å². The van der Waals surface area contributed by atoms with E-state index in [0.717, 1.165) is 0 Å². The van der Waals surface area contributed by atoms with Crippen molar-refractivity contribution in [3.05, 3.63) is 46.0 Å². The van der Waals surface area contributed by atoms with Crippen molar-refractivity contribution in [3.8, 4) is 0 Å². The van der Waals surface area contributed by atoms with E-state index in [9.17, 15) is 9.18 Å². The Hall–Kier alpha value is -1.69. The van der Waals surface area contributed by atoms with Gasteiger partial charge >= 0.3 is 6.01 Å². The maximum Gasteiger partial charge on any atom is 0.301 e. The van der Waals surface area contributed by atoms with Crippen molar-refractivity contribution in [1.29, 1.82) is 0 Å². The first-order chi connectivity index (χ1) is 8.06. The van der Waals surface area contributed by atoms with Gasteiger partial charge in [-0.2, -0.15) is 4.98 Å². The van der Waals surface area contributed by atoms with Gasteiger partial charge in [0.1, 0.15) is 12.1 Å². The number of benzene rings is 1. The smallest absolute Gasteiger partial charge is 0.301 e. The molecule has 1 aromatic heterocycles. The van der Waals surface area contributed by atoms with Gasteiger partial charge in [-0.25, -0.2) is 4.39 Å². The lowest BCUT2D eigenvalue weighted by molar-refractivity contribution is 0.102. The molecule has 0 aliphatic carbocycles. The van der Waals surface area contributed by atoms with E-state index in [2.05, 4.69) is 26.2 Å². The van der Waals surface area contributed by atoms with Gasteiger partial charge in [-0.15, -0.1) is 0 Å². The average molecular weight is 299 g/mol. The first-order valence-electron chi connectivity index (χ1n) is 4.75. The molecule has 1 aromatic carbocycles. The van der Waals surface area contributed by atoms with Crippen LogP contribution in [0.25, 0.3) is 0 Å². The van der Waals surface area contributed by atoms with Crippen molar-refractivity contribution >= 4 is 27.9 Å². The molecule has 88 valence electrons. The molecule has 0 spiro atoms. The summed E-state index contributed by atoms with van der Waals surface area (Å²) in [5, 5.41) is 2.37. The van der Waals surface area contributed by atoms with Gasteiger partial charge in [0.25, 0.3) is 5.91 Å². The summed E-state index contributed by atoms with van der Waals surface area (Å²) in [5.41, 5.74) is 0.560. The standard InChI is InChI=1S/C11H8BrFN2O2/c1-6-5-17-11(14-6)15-10(16)8-4-7(12)2-3-9(8)13/h2-5H,1H3,(H,14,15,16). The van der Waals surface area contributed by atoms with Crippen LogP contribution in [0.5, 0.6) is 0 Å². The Balaban J connectivity index is 2.22. The van der Waals surface area contributed by atoms with Gasteiger partial charge in [0, 0.05) is 4.47 Å². The van der Waals surface area contributed by atoms with Crippen molar-refractivity contribution in [2.45, 2.75) is 6.92 Å². The van der Waals surface area contributed by atoms with Gasteiger partial charge in [-0.1, -0.05) is 15.9 Å². The SMILES string of the molecule is Cc1coc(NC(=O)c2cc(Br)ccc2F)n1. The van der Waals surface area contributed by atoms with Crippen LogP contribution in [-0.2, 0) is 0 Å². The Morgan fingerprint density at radius 1 is 1.53 bits per heavy atom. The third kappa shape index (κ3) is 2.71. The number of carbonyl (C=O) groups is 1. The molecule has 2 rings (SSSR count). The van der Waals surface area contributed by atoms with Crippen LogP contribution in [-0.4, -0.2) is 10.9 Å². The fourth-order valence-corrected chi connectivity index (χ4v) is 1.61. The second-order valence-electron chi connectivity index (χ2n) is 3.37. The number of rotatable bonds is 2. The first kappa shape index (κ1) is 11.8.